The maximum Gasteiger partial charge on any atom is 0.257 e. The zero-order valence-electron chi connectivity index (χ0n) is 12.7. The highest BCUT2D eigenvalue weighted by molar-refractivity contribution is 5.94. The first-order valence-corrected chi connectivity index (χ1v) is 6.74. The number of aryl methyl sites for hydroxylation is 2. The molecule has 0 saturated carbocycles. The fraction of sp³-hybridized carbons (Fsp3) is 0.467. The summed E-state index contributed by atoms with van der Waals surface area (Å²) in [7, 11) is 1.79. The van der Waals surface area contributed by atoms with Gasteiger partial charge in [0.05, 0.1) is 17.5 Å². The molecule has 0 fully saturated rings. The Labute approximate surface area is 119 Å². The highest BCUT2D eigenvalue weighted by atomic mass is 16.3. The average Bonchev–Trinajstić information content (AvgIpc) is 2.95. The van der Waals surface area contributed by atoms with E-state index in [2.05, 4.69) is 5.10 Å². The average molecular weight is 275 g/mol. The van der Waals surface area contributed by atoms with Crippen LogP contribution in [0.1, 0.15) is 47.3 Å². The molecule has 2 aromatic rings. The smallest absolute Gasteiger partial charge is 0.257 e. The monoisotopic (exact) mass is 275 g/mol. The third-order valence-corrected chi connectivity index (χ3v) is 3.40. The molecule has 5 nitrogen and oxygen atoms in total. The molecule has 0 atom stereocenters. The molecular formula is C15H21N3O2. The molecule has 20 heavy (non-hydrogen) atoms. The van der Waals surface area contributed by atoms with Crippen molar-refractivity contribution in [2.24, 2.45) is 0 Å². The number of amides is 1. The van der Waals surface area contributed by atoms with E-state index in [4.69, 9.17) is 4.42 Å². The van der Waals surface area contributed by atoms with Gasteiger partial charge < -0.3 is 9.32 Å². The minimum Gasteiger partial charge on any atom is -0.469 e. The first kappa shape index (κ1) is 14.4. The van der Waals surface area contributed by atoms with Crippen molar-refractivity contribution in [1.82, 2.24) is 14.7 Å². The van der Waals surface area contributed by atoms with Crippen molar-refractivity contribution in [2.45, 2.75) is 40.3 Å². The van der Waals surface area contributed by atoms with Crippen LogP contribution in [0.3, 0.4) is 0 Å². The van der Waals surface area contributed by atoms with Crippen molar-refractivity contribution in [3.8, 4) is 0 Å². The van der Waals surface area contributed by atoms with Gasteiger partial charge in [0.1, 0.15) is 5.76 Å². The lowest BCUT2D eigenvalue weighted by molar-refractivity contribution is 0.0784. The van der Waals surface area contributed by atoms with Crippen LogP contribution < -0.4 is 0 Å². The topological polar surface area (TPSA) is 51.3 Å². The Balaban J connectivity index is 2.16. The van der Waals surface area contributed by atoms with E-state index >= 15 is 0 Å². The lowest BCUT2D eigenvalue weighted by Crippen LogP contribution is -2.26. The summed E-state index contributed by atoms with van der Waals surface area (Å²) in [5, 5.41) is 4.38. The van der Waals surface area contributed by atoms with Crippen molar-refractivity contribution in [1.29, 1.82) is 0 Å². The van der Waals surface area contributed by atoms with E-state index in [1.54, 1.807) is 18.2 Å². The summed E-state index contributed by atoms with van der Waals surface area (Å²) in [6.45, 7) is 8.38. The van der Waals surface area contributed by atoms with Crippen LogP contribution in [0, 0.1) is 13.8 Å². The third kappa shape index (κ3) is 2.76. The first-order chi connectivity index (χ1) is 9.40. The SMILES string of the molecule is Cc1nn(C(C)C)cc1C(=O)N(C)Cc1ccoc1C. The number of hydrogen-bond donors (Lipinski definition) is 0. The van der Waals surface area contributed by atoms with Gasteiger partial charge in [0, 0.05) is 31.4 Å². The zero-order valence-corrected chi connectivity index (χ0v) is 12.7. The number of aromatic nitrogens is 2. The molecule has 0 aliphatic heterocycles. The molecule has 0 unspecified atom stereocenters. The molecule has 0 aromatic carbocycles. The number of carbonyl (C=O) groups excluding carboxylic acids is 1. The van der Waals surface area contributed by atoms with Crippen molar-refractivity contribution < 1.29 is 9.21 Å². The van der Waals surface area contributed by atoms with Gasteiger partial charge in [0.15, 0.2) is 0 Å². The molecule has 0 spiro atoms. The molecule has 108 valence electrons. The molecule has 2 rings (SSSR count). The predicted octanol–water partition coefficient (Wildman–Crippen LogP) is 2.95. The summed E-state index contributed by atoms with van der Waals surface area (Å²) < 4.78 is 7.07. The predicted molar refractivity (Wildman–Crippen MR) is 76.6 cm³/mol. The molecule has 2 heterocycles. The second kappa shape index (κ2) is 5.53. The van der Waals surface area contributed by atoms with E-state index in [1.807, 2.05) is 44.6 Å². The van der Waals surface area contributed by atoms with E-state index in [0.29, 0.717) is 12.1 Å². The molecule has 5 heteroatoms. The van der Waals surface area contributed by atoms with Crippen LogP contribution in [0.5, 0.6) is 0 Å². The number of furan rings is 1. The summed E-state index contributed by atoms with van der Waals surface area (Å²) in [4.78, 5) is 14.2. The molecular weight excluding hydrogens is 254 g/mol. The molecule has 0 saturated heterocycles. The van der Waals surface area contributed by atoms with Crippen LogP contribution in [-0.4, -0.2) is 27.6 Å². The van der Waals surface area contributed by atoms with E-state index in [1.165, 1.54) is 0 Å². The van der Waals surface area contributed by atoms with Crippen molar-refractivity contribution in [3.63, 3.8) is 0 Å². The molecule has 2 aromatic heterocycles. The van der Waals surface area contributed by atoms with Gasteiger partial charge in [0.2, 0.25) is 0 Å². The van der Waals surface area contributed by atoms with E-state index in [-0.39, 0.29) is 11.9 Å². The number of nitrogens with zero attached hydrogens (tertiary/aromatic N) is 3. The third-order valence-electron chi connectivity index (χ3n) is 3.40. The number of rotatable bonds is 4. The van der Waals surface area contributed by atoms with E-state index < -0.39 is 0 Å². The van der Waals surface area contributed by atoms with Gasteiger partial charge in [-0.15, -0.1) is 0 Å². The largest absolute Gasteiger partial charge is 0.469 e. The molecule has 0 radical (unpaired) electrons. The van der Waals surface area contributed by atoms with Gasteiger partial charge in [-0.05, 0) is 33.8 Å². The van der Waals surface area contributed by atoms with Crippen molar-refractivity contribution in [3.05, 3.63) is 41.1 Å². The van der Waals surface area contributed by atoms with Crippen LogP contribution in [0.4, 0.5) is 0 Å². The zero-order chi connectivity index (χ0) is 14.9. The molecule has 0 bridgehead atoms. The lowest BCUT2D eigenvalue weighted by Gasteiger charge is -2.16. The Kier molecular flexibility index (Phi) is 3.97. The Morgan fingerprint density at radius 3 is 2.65 bits per heavy atom. The summed E-state index contributed by atoms with van der Waals surface area (Å²) >= 11 is 0. The summed E-state index contributed by atoms with van der Waals surface area (Å²) in [5.74, 6) is 0.828. The minimum absolute atomic E-state index is 0.0185. The molecule has 1 amide bonds. The molecule has 0 aliphatic rings. The van der Waals surface area contributed by atoms with E-state index in [9.17, 15) is 4.79 Å². The van der Waals surface area contributed by atoms with E-state index in [0.717, 1.165) is 17.0 Å². The van der Waals surface area contributed by atoms with Gasteiger partial charge in [-0.1, -0.05) is 0 Å². The first-order valence-electron chi connectivity index (χ1n) is 6.74. The van der Waals surface area contributed by atoms with Crippen molar-refractivity contribution >= 4 is 5.91 Å². The quantitative estimate of drug-likeness (QED) is 0.862. The van der Waals surface area contributed by atoms with Crippen LogP contribution in [0.15, 0.2) is 22.9 Å². The maximum atomic E-state index is 12.5. The summed E-state index contributed by atoms with van der Waals surface area (Å²) in [5.41, 5.74) is 2.44. The normalized spacial score (nSPS) is 11.1. The van der Waals surface area contributed by atoms with Gasteiger partial charge >= 0.3 is 0 Å². The van der Waals surface area contributed by atoms with Crippen LogP contribution in [-0.2, 0) is 6.54 Å². The van der Waals surface area contributed by atoms with Crippen molar-refractivity contribution in [2.75, 3.05) is 7.05 Å². The fourth-order valence-electron chi connectivity index (χ4n) is 2.06. The Hall–Kier alpha value is -2.04. The maximum absolute atomic E-state index is 12.5. The molecule has 0 N–H and O–H groups in total. The van der Waals surface area contributed by atoms with Gasteiger partial charge in [-0.25, -0.2) is 0 Å². The van der Waals surface area contributed by atoms with Crippen LogP contribution >= 0.6 is 0 Å². The fourth-order valence-corrected chi connectivity index (χ4v) is 2.06. The second-order valence-corrected chi connectivity index (χ2v) is 5.37. The number of carbonyl (C=O) groups is 1. The second-order valence-electron chi connectivity index (χ2n) is 5.37. The van der Waals surface area contributed by atoms with Crippen LogP contribution in [0.2, 0.25) is 0 Å². The Morgan fingerprint density at radius 2 is 2.15 bits per heavy atom. The van der Waals surface area contributed by atoms with Gasteiger partial charge in [0.25, 0.3) is 5.91 Å². The standard InChI is InChI=1S/C15H21N3O2/c1-10(2)18-9-14(11(3)16-18)15(19)17(5)8-13-6-7-20-12(13)4/h6-7,9-10H,8H2,1-5H3. The van der Waals surface area contributed by atoms with Gasteiger partial charge in [-0.3, -0.25) is 9.48 Å². The Bertz CT molecular complexity index is 610. The highest BCUT2D eigenvalue weighted by Crippen LogP contribution is 2.16. The van der Waals surface area contributed by atoms with Crippen LogP contribution in [0.25, 0.3) is 0 Å². The summed E-state index contributed by atoms with van der Waals surface area (Å²) in [6.07, 6.45) is 3.46. The molecule has 0 aliphatic carbocycles. The highest BCUT2D eigenvalue weighted by Gasteiger charge is 2.19. The Morgan fingerprint density at radius 1 is 1.45 bits per heavy atom. The number of hydrogen-bond acceptors (Lipinski definition) is 3. The summed E-state index contributed by atoms with van der Waals surface area (Å²) in [6, 6.07) is 2.14. The van der Waals surface area contributed by atoms with Gasteiger partial charge in [-0.2, -0.15) is 5.10 Å². The lowest BCUT2D eigenvalue weighted by atomic mass is 10.2. The minimum atomic E-state index is -0.0185.